The molecule has 34 heavy (non-hydrogen) atoms. The third-order valence-corrected chi connectivity index (χ3v) is 6.73. The van der Waals surface area contributed by atoms with E-state index in [1.54, 1.807) is 7.11 Å². The first-order valence-corrected chi connectivity index (χ1v) is 12.2. The van der Waals surface area contributed by atoms with E-state index in [-0.39, 0.29) is 17.7 Å². The zero-order valence-corrected chi connectivity index (χ0v) is 21.0. The monoisotopic (exact) mass is 521 g/mol. The van der Waals surface area contributed by atoms with Crippen LogP contribution in [-0.2, 0) is 6.54 Å². The summed E-state index contributed by atoms with van der Waals surface area (Å²) in [6, 6.07) is 18.8. The molecule has 0 atom stereocenters. The van der Waals surface area contributed by atoms with Gasteiger partial charge in [-0.25, -0.2) is 0 Å². The fourth-order valence-corrected chi connectivity index (χ4v) is 4.60. The Morgan fingerprint density at radius 1 is 1.06 bits per heavy atom. The van der Waals surface area contributed by atoms with E-state index in [0.29, 0.717) is 30.8 Å². The number of carbonyl (C=O) groups is 2. The molecule has 1 saturated heterocycles. The highest BCUT2D eigenvalue weighted by atomic mass is 79.9. The first kappa shape index (κ1) is 24.0. The number of hydrogen-bond donors (Lipinski definition) is 1. The van der Waals surface area contributed by atoms with Crippen molar-refractivity contribution in [2.24, 2.45) is 0 Å². The number of aromatic nitrogens is 1. The number of carbonyl (C=O) groups excluding carboxylic acids is 2. The number of nitrogens with one attached hydrogen (secondary N) is 1. The predicted molar refractivity (Wildman–Crippen MR) is 135 cm³/mol. The summed E-state index contributed by atoms with van der Waals surface area (Å²) in [5.41, 5.74) is 3.89. The maximum atomic E-state index is 13.1. The van der Waals surface area contributed by atoms with E-state index in [0.717, 1.165) is 40.0 Å². The second-order valence-corrected chi connectivity index (χ2v) is 9.37. The Balaban J connectivity index is 1.44. The fourth-order valence-electron chi connectivity index (χ4n) is 4.33. The van der Waals surface area contributed by atoms with Crippen molar-refractivity contribution in [1.29, 1.82) is 0 Å². The van der Waals surface area contributed by atoms with Crippen LogP contribution in [0.3, 0.4) is 0 Å². The van der Waals surface area contributed by atoms with Gasteiger partial charge in [0, 0.05) is 46.8 Å². The number of methoxy groups -OCH3 is 1. The lowest BCUT2D eigenvalue weighted by atomic mass is 9.89. The molecule has 2 amide bonds. The number of hydrogen-bond acceptors (Lipinski definition) is 4. The Morgan fingerprint density at radius 3 is 2.47 bits per heavy atom. The summed E-state index contributed by atoms with van der Waals surface area (Å²) in [5.74, 6) is 0.758. The lowest BCUT2D eigenvalue weighted by molar-refractivity contribution is 0.0710. The minimum absolute atomic E-state index is 0.0397. The van der Waals surface area contributed by atoms with Crippen molar-refractivity contribution in [3.05, 3.63) is 93.2 Å². The zero-order chi connectivity index (χ0) is 24.1. The maximum Gasteiger partial charge on any atom is 0.253 e. The van der Waals surface area contributed by atoms with Crippen molar-refractivity contribution >= 4 is 27.7 Å². The summed E-state index contributed by atoms with van der Waals surface area (Å²) in [4.78, 5) is 32.6. The Bertz CT molecular complexity index is 1170. The van der Waals surface area contributed by atoms with Crippen molar-refractivity contribution < 1.29 is 14.3 Å². The molecule has 0 unspecified atom stereocenters. The summed E-state index contributed by atoms with van der Waals surface area (Å²) in [7, 11) is 1.62. The second kappa shape index (κ2) is 10.8. The first-order chi connectivity index (χ1) is 16.5. The molecule has 0 bridgehead atoms. The number of pyridine rings is 1. The molecule has 1 fully saturated rings. The number of benzene rings is 2. The van der Waals surface area contributed by atoms with Crippen molar-refractivity contribution in [3.8, 4) is 5.75 Å². The van der Waals surface area contributed by atoms with Gasteiger partial charge in [-0.3, -0.25) is 14.6 Å². The molecule has 1 N–H and O–H groups in total. The molecule has 6 nitrogen and oxygen atoms in total. The average Bonchev–Trinajstić information content (AvgIpc) is 2.87. The van der Waals surface area contributed by atoms with Gasteiger partial charge >= 0.3 is 0 Å². The number of nitrogens with zero attached hydrogens (tertiary/aromatic N) is 2. The molecule has 1 aromatic heterocycles. The lowest BCUT2D eigenvalue weighted by Crippen LogP contribution is -2.38. The standard InChI is InChI=1S/C27H28BrN3O3/c1-18-7-12-23(26(32)29-17-21-5-3-4-6-24(21)34-2)25(30-18)19-13-15-31(16-14-19)27(33)20-8-10-22(28)11-9-20/h3-12,19H,13-17H2,1-2H3,(H,29,32). The van der Waals surface area contributed by atoms with Crippen molar-refractivity contribution in [3.63, 3.8) is 0 Å². The van der Waals surface area contributed by atoms with Crippen LogP contribution in [0.2, 0.25) is 0 Å². The molecule has 3 aromatic rings. The van der Waals surface area contributed by atoms with E-state index in [9.17, 15) is 9.59 Å². The molecule has 1 aliphatic rings. The van der Waals surface area contributed by atoms with Gasteiger partial charge in [0.15, 0.2) is 0 Å². The van der Waals surface area contributed by atoms with Crippen LogP contribution in [0.25, 0.3) is 0 Å². The number of ether oxygens (including phenoxy) is 1. The fraction of sp³-hybridized carbons (Fsp3) is 0.296. The first-order valence-electron chi connectivity index (χ1n) is 11.4. The van der Waals surface area contributed by atoms with Gasteiger partial charge < -0.3 is 15.0 Å². The summed E-state index contributed by atoms with van der Waals surface area (Å²) >= 11 is 3.41. The van der Waals surface area contributed by atoms with E-state index in [4.69, 9.17) is 9.72 Å². The highest BCUT2D eigenvalue weighted by Crippen LogP contribution is 2.30. The van der Waals surface area contributed by atoms with E-state index in [1.807, 2.05) is 72.5 Å². The molecule has 2 aromatic carbocycles. The molecule has 0 aliphatic carbocycles. The van der Waals surface area contributed by atoms with Crippen LogP contribution >= 0.6 is 15.9 Å². The highest BCUT2D eigenvalue weighted by Gasteiger charge is 2.28. The Morgan fingerprint density at radius 2 is 1.76 bits per heavy atom. The van der Waals surface area contributed by atoms with E-state index >= 15 is 0 Å². The van der Waals surface area contributed by atoms with Crippen LogP contribution in [0.1, 0.15) is 56.4 Å². The van der Waals surface area contributed by atoms with Gasteiger partial charge in [0.05, 0.1) is 18.4 Å². The number of halogens is 1. The minimum atomic E-state index is -0.151. The number of para-hydroxylation sites is 1. The van der Waals surface area contributed by atoms with Crippen LogP contribution in [-0.4, -0.2) is 41.9 Å². The number of piperidine rings is 1. The third kappa shape index (κ3) is 5.47. The van der Waals surface area contributed by atoms with Crippen LogP contribution in [0.15, 0.2) is 65.1 Å². The summed E-state index contributed by atoms with van der Waals surface area (Å²) in [6.45, 7) is 3.58. The molecule has 0 radical (unpaired) electrons. The number of aryl methyl sites for hydroxylation is 1. The molecule has 1 aliphatic heterocycles. The quantitative estimate of drug-likeness (QED) is 0.489. The minimum Gasteiger partial charge on any atom is -0.496 e. The van der Waals surface area contributed by atoms with Gasteiger partial charge in [-0.1, -0.05) is 34.1 Å². The molecular formula is C27H28BrN3O3. The van der Waals surface area contributed by atoms with E-state index in [1.165, 1.54) is 0 Å². The Hall–Kier alpha value is -3.19. The molecule has 0 saturated carbocycles. The Labute approximate surface area is 208 Å². The maximum absolute atomic E-state index is 13.1. The SMILES string of the molecule is COc1ccccc1CNC(=O)c1ccc(C)nc1C1CCN(C(=O)c2ccc(Br)cc2)CC1. The molecule has 4 rings (SSSR count). The summed E-state index contributed by atoms with van der Waals surface area (Å²) in [6.07, 6.45) is 1.54. The van der Waals surface area contributed by atoms with Crippen LogP contribution < -0.4 is 10.1 Å². The topological polar surface area (TPSA) is 71.5 Å². The van der Waals surface area contributed by atoms with Crippen LogP contribution in [0, 0.1) is 6.92 Å². The normalized spacial score (nSPS) is 14.0. The average molecular weight is 522 g/mol. The van der Waals surface area contributed by atoms with Gasteiger partial charge in [0.25, 0.3) is 11.8 Å². The van der Waals surface area contributed by atoms with Gasteiger partial charge in [0.1, 0.15) is 5.75 Å². The van der Waals surface area contributed by atoms with Gasteiger partial charge in [-0.2, -0.15) is 0 Å². The smallest absolute Gasteiger partial charge is 0.253 e. The predicted octanol–water partition coefficient (Wildman–Crippen LogP) is 5.11. The van der Waals surface area contributed by atoms with Gasteiger partial charge in [-0.15, -0.1) is 0 Å². The van der Waals surface area contributed by atoms with Crippen LogP contribution in [0.5, 0.6) is 5.75 Å². The third-order valence-electron chi connectivity index (χ3n) is 6.20. The molecule has 176 valence electrons. The highest BCUT2D eigenvalue weighted by molar-refractivity contribution is 9.10. The number of amides is 2. The van der Waals surface area contributed by atoms with Crippen LogP contribution in [0.4, 0.5) is 0 Å². The van der Waals surface area contributed by atoms with E-state index < -0.39 is 0 Å². The number of likely N-dealkylation sites (tertiary alicyclic amines) is 1. The van der Waals surface area contributed by atoms with Gasteiger partial charge in [-0.05, 0) is 62.2 Å². The van der Waals surface area contributed by atoms with Gasteiger partial charge in [0.2, 0.25) is 0 Å². The molecule has 0 spiro atoms. The largest absolute Gasteiger partial charge is 0.496 e. The molecule has 7 heteroatoms. The van der Waals surface area contributed by atoms with E-state index in [2.05, 4.69) is 21.2 Å². The summed E-state index contributed by atoms with van der Waals surface area (Å²) < 4.78 is 6.34. The Kier molecular flexibility index (Phi) is 7.63. The van der Waals surface area contributed by atoms with Crippen molar-refractivity contribution in [2.75, 3.05) is 20.2 Å². The summed E-state index contributed by atoms with van der Waals surface area (Å²) in [5, 5.41) is 3.01. The molecule has 2 heterocycles. The lowest BCUT2D eigenvalue weighted by Gasteiger charge is -2.32. The zero-order valence-electron chi connectivity index (χ0n) is 19.4. The van der Waals surface area contributed by atoms with Crippen molar-refractivity contribution in [2.45, 2.75) is 32.2 Å². The molecular weight excluding hydrogens is 494 g/mol. The number of rotatable bonds is 6. The second-order valence-electron chi connectivity index (χ2n) is 8.45. The van der Waals surface area contributed by atoms with Crippen molar-refractivity contribution in [1.82, 2.24) is 15.2 Å².